The van der Waals surface area contributed by atoms with Gasteiger partial charge in [-0.3, -0.25) is 4.79 Å². The van der Waals surface area contributed by atoms with Gasteiger partial charge in [-0.05, 0) is 62.0 Å². The van der Waals surface area contributed by atoms with Crippen LogP contribution in [0.2, 0.25) is 0 Å². The van der Waals surface area contributed by atoms with Crippen molar-refractivity contribution in [2.75, 3.05) is 52.3 Å². The predicted octanol–water partition coefficient (Wildman–Crippen LogP) is 1.99. The van der Waals surface area contributed by atoms with E-state index in [1.165, 1.54) is 37.6 Å². The standard InChI is InChI=1S/C22H36N4O3/c1-28-15-14-26(13-8-19(23)21(27)29-2)16-22(10-11-22)9-7-18-6-5-17-4-3-12-24-20(17)25-18/h5-6,19H,3-4,7-16,23H2,1-2H3,(H,24,25). The summed E-state index contributed by atoms with van der Waals surface area (Å²) in [6.07, 6.45) is 7.58. The van der Waals surface area contributed by atoms with Crippen molar-refractivity contribution in [1.82, 2.24) is 9.88 Å². The zero-order chi connectivity index (χ0) is 20.7. The minimum absolute atomic E-state index is 0.343. The van der Waals surface area contributed by atoms with Crippen molar-refractivity contribution in [3.8, 4) is 0 Å². The fourth-order valence-electron chi connectivity index (χ4n) is 4.12. The first kappa shape index (κ1) is 22.0. The van der Waals surface area contributed by atoms with Crippen molar-refractivity contribution in [3.63, 3.8) is 0 Å². The van der Waals surface area contributed by atoms with Crippen LogP contribution in [-0.2, 0) is 27.1 Å². The lowest BCUT2D eigenvalue weighted by Crippen LogP contribution is -2.39. The van der Waals surface area contributed by atoms with Gasteiger partial charge < -0.3 is 25.4 Å². The van der Waals surface area contributed by atoms with Crippen molar-refractivity contribution in [2.24, 2.45) is 11.1 Å². The van der Waals surface area contributed by atoms with E-state index in [0.717, 1.165) is 51.3 Å². The molecule has 7 heteroatoms. The number of rotatable bonds is 12. The van der Waals surface area contributed by atoms with Crippen LogP contribution in [0.3, 0.4) is 0 Å². The van der Waals surface area contributed by atoms with E-state index in [0.29, 0.717) is 18.4 Å². The van der Waals surface area contributed by atoms with Crippen LogP contribution < -0.4 is 11.1 Å². The highest BCUT2D eigenvalue weighted by Gasteiger charge is 2.43. The zero-order valence-electron chi connectivity index (χ0n) is 17.9. The monoisotopic (exact) mass is 404 g/mol. The van der Waals surface area contributed by atoms with Crippen LogP contribution in [-0.4, -0.2) is 68.9 Å². The van der Waals surface area contributed by atoms with Gasteiger partial charge in [0.25, 0.3) is 0 Å². The number of aromatic nitrogens is 1. The summed E-state index contributed by atoms with van der Waals surface area (Å²) in [4.78, 5) is 18.8. The summed E-state index contributed by atoms with van der Waals surface area (Å²) in [7, 11) is 3.11. The molecule has 1 fully saturated rings. The Morgan fingerprint density at radius 2 is 2.17 bits per heavy atom. The summed E-state index contributed by atoms with van der Waals surface area (Å²) >= 11 is 0. The number of anilines is 1. The Morgan fingerprint density at radius 1 is 1.34 bits per heavy atom. The van der Waals surface area contributed by atoms with Gasteiger partial charge in [-0.2, -0.15) is 0 Å². The molecule has 7 nitrogen and oxygen atoms in total. The maximum atomic E-state index is 11.6. The van der Waals surface area contributed by atoms with Crippen LogP contribution in [0, 0.1) is 5.41 Å². The number of nitrogens with two attached hydrogens (primary N) is 1. The minimum atomic E-state index is -0.563. The third kappa shape index (κ3) is 6.39. The Morgan fingerprint density at radius 3 is 2.90 bits per heavy atom. The number of methoxy groups -OCH3 is 2. The summed E-state index contributed by atoms with van der Waals surface area (Å²) in [5.74, 6) is 0.738. The number of esters is 1. The SMILES string of the molecule is COCCN(CCC(N)C(=O)OC)CC1(CCc2ccc3c(n2)NCCC3)CC1. The van der Waals surface area contributed by atoms with E-state index in [2.05, 4.69) is 22.3 Å². The van der Waals surface area contributed by atoms with Crippen molar-refractivity contribution in [1.29, 1.82) is 0 Å². The van der Waals surface area contributed by atoms with Gasteiger partial charge in [-0.15, -0.1) is 0 Å². The van der Waals surface area contributed by atoms with Crippen LogP contribution in [0.25, 0.3) is 0 Å². The molecule has 0 saturated heterocycles. The number of fused-ring (bicyclic) bond motifs is 1. The van der Waals surface area contributed by atoms with E-state index in [1.54, 1.807) is 7.11 Å². The molecule has 1 aromatic heterocycles. The molecule has 1 aliphatic heterocycles. The summed E-state index contributed by atoms with van der Waals surface area (Å²) in [5, 5.41) is 3.43. The second-order valence-electron chi connectivity index (χ2n) is 8.53. The first-order valence-electron chi connectivity index (χ1n) is 10.8. The van der Waals surface area contributed by atoms with E-state index in [4.69, 9.17) is 20.2 Å². The number of carbonyl (C=O) groups is 1. The lowest BCUT2D eigenvalue weighted by Gasteiger charge is -2.28. The molecule has 3 rings (SSSR count). The first-order valence-corrected chi connectivity index (χ1v) is 10.8. The van der Waals surface area contributed by atoms with Gasteiger partial charge in [0, 0.05) is 39.0 Å². The number of pyridine rings is 1. The molecule has 0 radical (unpaired) electrons. The van der Waals surface area contributed by atoms with E-state index >= 15 is 0 Å². The van der Waals surface area contributed by atoms with E-state index in [1.807, 2.05) is 0 Å². The van der Waals surface area contributed by atoms with Gasteiger partial charge in [0.2, 0.25) is 0 Å². The fraction of sp³-hybridized carbons (Fsp3) is 0.727. The number of hydrogen-bond acceptors (Lipinski definition) is 7. The molecular formula is C22H36N4O3. The normalized spacial score (nSPS) is 18.1. The van der Waals surface area contributed by atoms with Gasteiger partial charge >= 0.3 is 5.97 Å². The molecule has 1 unspecified atom stereocenters. The first-order chi connectivity index (χ1) is 14.0. The molecule has 29 heavy (non-hydrogen) atoms. The van der Waals surface area contributed by atoms with Gasteiger partial charge in [-0.25, -0.2) is 4.98 Å². The van der Waals surface area contributed by atoms with Crippen LogP contribution in [0.15, 0.2) is 12.1 Å². The molecule has 0 bridgehead atoms. The Balaban J connectivity index is 1.52. The van der Waals surface area contributed by atoms with Gasteiger partial charge in [0.1, 0.15) is 11.9 Å². The molecule has 1 atom stereocenters. The van der Waals surface area contributed by atoms with Crippen molar-refractivity contribution < 1.29 is 14.3 Å². The highest BCUT2D eigenvalue weighted by atomic mass is 16.5. The number of hydrogen-bond donors (Lipinski definition) is 2. The fourth-order valence-corrected chi connectivity index (χ4v) is 4.12. The Bertz CT molecular complexity index is 678. The average Bonchev–Trinajstić information content (AvgIpc) is 3.52. The quantitative estimate of drug-likeness (QED) is 0.515. The summed E-state index contributed by atoms with van der Waals surface area (Å²) in [6.45, 7) is 4.36. The third-order valence-corrected chi connectivity index (χ3v) is 6.25. The van der Waals surface area contributed by atoms with Crippen LogP contribution in [0.4, 0.5) is 5.82 Å². The second-order valence-corrected chi connectivity index (χ2v) is 8.53. The van der Waals surface area contributed by atoms with Crippen molar-refractivity contribution >= 4 is 11.8 Å². The van der Waals surface area contributed by atoms with Crippen LogP contribution >= 0.6 is 0 Å². The van der Waals surface area contributed by atoms with Crippen molar-refractivity contribution in [2.45, 2.75) is 51.0 Å². The lowest BCUT2D eigenvalue weighted by molar-refractivity contribution is -0.142. The smallest absolute Gasteiger partial charge is 0.322 e. The molecule has 1 saturated carbocycles. The zero-order valence-corrected chi connectivity index (χ0v) is 17.9. The second kappa shape index (κ2) is 10.4. The molecule has 2 heterocycles. The Labute approximate surface area is 174 Å². The number of nitrogens with one attached hydrogen (secondary N) is 1. The van der Waals surface area contributed by atoms with Crippen LogP contribution in [0.1, 0.15) is 43.4 Å². The molecular weight excluding hydrogens is 368 g/mol. The summed E-state index contributed by atoms with van der Waals surface area (Å²) in [6, 6.07) is 3.87. The molecule has 3 N–H and O–H groups in total. The molecule has 162 valence electrons. The van der Waals surface area contributed by atoms with E-state index in [9.17, 15) is 4.79 Å². The minimum Gasteiger partial charge on any atom is -0.468 e. The molecule has 1 aliphatic carbocycles. The number of nitrogens with zero attached hydrogens (tertiary/aromatic N) is 2. The highest BCUT2D eigenvalue weighted by molar-refractivity contribution is 5.75. The number of carbonyl (C=O) groups excluding carboxylic acids is 1. The topological polar surface area (TPSA) is 89.7 Å². The molecule has 0 amide bonds. The molecule has 2 aliphatic rings. The number of aryl methyl sites for hydroxylation is 2. The van der Waals surface area contributed by atoms with Gasteiger partial charge in [-0.1, -0.05) is 6.07 Å². The Hall–Kier alpha value is -1.70. The average molecular weight is 405 g/mol. The summed E-state index contributed by atoms with van der Waals surface area (Å²) in [5.41, 5.74) is 8.81. The highest BCUT2D eigenvalue weighted by Crippen LogP contribution is 2.50. The molecule has 1 aromatic rings. The lowest BCUT2D eigenvalue weighted by atomic mass is 9.97. The van der Waals surface area contributed by atoms with Gasteiger partial charge in [0.15, 0.2) is 0 Å². The molecule has 0 spiro atoms. The largest absolute Gasteiger partial charge is 0.468 e. The van der Waals surface area contributed by atoms with Crippen LogP contribution in [0.5, 0.6) is 0 Å². The predicted molar refractivity (Wildman–Crippen MR) is 114 cm³/mol. The summed E-state index contributed by atoms with van der Waals surface area (Å²) < 4.78 is 10.0. The maximum Gasteiger partial charge on any atom is 0.322 e. The molecule has 0 aromatic carbocycles. The maximum absolute atomic E-state index is 11.6. The number of ether oxygens (including phenoxy) is 2. The third-order valence-electron chi connectivity index (χ3n) is 6.25. The van der Waals surface area contributed by atoms with Crippen molar-refractivity contribution in [3.05, 3.63) is 23.4 Å². The van der Waals surface area contributed by atoms with E-state index in [-0.39, 0.29) is 5.97 Å². The van der Waals surface area contributed by atoms with E-state index < -0.39 is 6.04 Å². The Kier molecular flexibility index (Phi) is 7.86. The van der Waals surface area contributed by atoms with Gasteiger partial charge in [0.05, 0.1) is 13.7 Å².